The highest BCUT2D eigenvalue weighted by Gasteiger charge is 2.61. The van der Waals surface area contributed by atoms with Crippen LogP contribution >= 0.6 is 11.6 Å². The summed E-state index contributed by atoms with van der Waals surface area (Å²) in [7, 11) is 1.65. The Hall–Kier alpha value is -0.890. The number of hydrogen-bond donors (Lipinski definition) is 1. The van der Waals surface area contributed by atoms with E-state index in [9.17, 15) is 0 Å². The summed E-state index contributed by atoms with van der Waals surface area (Å²) in [5.41, 5.74) is 1.91. The first kappa shape index (κ1) is 14.1. The van der Waals surface area contributed by atoms with Crippen molar-refractivity contribution in [1.82, 2.24) is 0 Å². The van der Waals surface area contributed by atoms with E-state index >= 15 is 0 Å². The Morgan fingerprint density at radius 2 is 2.05 bits per heavy atom. The molecule has 2 bridgehead atoms. The van der Waals surface area contributed by atoms with Crippen LogP contribution in [-0.2, 0) is 0 Å². The second-order valence-corrected chi connectivity index (χ2v) is 7.56. The molecule has 0 aromatic heterocycles. The van der Waals surface area contributed by atoms with Gasteiger partial charge in [-0.2, -0.15) is 0 Å². The standard InChI is InChI=1S/C17H24ClNO/c1-16(2)11-7-8-17(16,3)15(9-11)19-12-5-6-14(20-4)13(18)10-12/h5-6,10-11,15,19H,7-9H2,1-4H3. The molecule has 0 radical (unpaired) electrons. The molecule has 2 aliphatic carbocycles. The van der Waals surface area contributed by atoms with Gasteiger partial charge in [-0.1, -0.05) is 32.4 Å². The van der Waals surface area contributed by atoms with Crippen LogP contribution in [0.4, 0.5) is 5.69 Å². The van der Waals surface area contributed by atoms with E-state index in [0.717, 1.165) is 17.4 Å². The third kappa shape index (κ3) is 1.84. The molecule has 1 aromatic carbocycles. The zero-order valence-corrected chi connectivity index (χ0v) is 13.6. The molecule has 3 heteroatoms. The van der Waals surface area contributed by atoms with Crippen LogP contribution < -0.4 is 10.1 Å². The number of halogens is 1. The van der Waals surface area contributed by atoms with Crippen molar-refractivity contribution in [2.75, 3.05) is 12.4 Å². The molecule has 2 fully saturated rings. The number of methoxy groups -OCH3 is 1. The Morgan fingerprint density at radius 1 is 1.30 bits per heavy atom. The van der Waals surface area contributed by atoms with Gasteiger partial charge in [0.25, 0.3) is 0 Å². The van der Waals surface area contributed by atoms with Gasteiger partial charge in [0.05, 0.1) is 12.1 Å². The molecular weight excluding hydrogens is 270 g/mol. The fourth-order valence-corrected chi connectivity index (χ4v) is 4.64. The molecule has 0 spiro atoms. The predicted octanol–water partition coefficient (Wildman–Crippen LogP) is 4.98. The first-order valence-corrected chi connectivity index (χ1v) is 7.86. The average molecular weight is 294 g/mol. The van der Waals surface area contributed by atoms with Crippen molar-refractivity contribution in [2.24, 2.45) is 16.7 Å². The lowest BCUT2D eigenvalue weighted by Gasteiger charge is -2.40. The molecule has 1 aromatic rings. The quantitative estimate of drug-likeness (QED) is 0.849. The Morgan fingerprint density at radius 3 is 2.55 bits per heavy atom. The SMILES string of the molecule is COc1ccc(NC2CC3CCC2(C)C3(C)C)cc1Cl. The van der Waals surface area contributed by atoms with Gasteiger partial charge in [-0.3, -0.25) is 0 Å². The Bertz CT molecular complexity index is 528. The van der Waals surface area contributed by atoms with E-state index < -0.39 is 0 Å². The molecule has 3 unspecified atom stereocenters. The zero-order chi connectivity index (χ0) is 14.5. The summed E-state index contributed by atoms with van der Waals surface area (Å²) < 4.78 is 5.21. The maximum Gasteiger partial charge on any atom is 0.137 e. The van der Waals surface area contributed by atoms with Gasteiger partial charge in [0.15, 0.2) is 0 Å². The van der Waals surface area contributed by atoms with Crippen LogP contribution in [0.2, 0.25) is 5.02 Å². The van der Waals surface area contributed by atoms with Crippen LogP contribution in [0.25, 0.3) is 0 Å². The van der Waals surface area contributed by atoms with Crippen molar-refractivity contribution >= 4 is 17.3 Å². The minimum absolute atomic E-state index is 0.379. The van der Waals surface area contributed by atoms with E-state index in [1.54, 1.807) is 7.11 Å². The van der Waals surface area contributed by atoms with Crippen molar-refractivity contribution in [3.05, 3.63) is 23.2 Å². The van der Waals surface area contributed by atoms with Gasteiger partial charge in [-0.15, -0.1) is 0 Å². The van der Waals surface area contributed by atoms with Gasteiger partial charge in [0, 0.05) is 11.7 Å². The van der Waals surface area contributed by atoms with E-state index in [1.165, 1.54) is 19.3 Å². The fourth-order valence-electron chi connectivity index (χ4n) is 4.38. The van der Waals surface area contributed by atoms with Crippen LogP contribution in [0.5, 0.6) is 5.75 Å². The molecule has 2 aliphatic rings. The minimum atomic E-state index is 0.379. The Kier molecular flexibility index (Phi) is 3.20. The highest BCUT2D eigenvalue weighted by Crippen LogP contribution is 2.65. The van der Waals surface area contributed by atoms with Gasteiger partial charge in [0.2, 0.25) is 0 Å². The van der Waals surface area contributed by atoms with Crippen LogP contribution in [-0.4, -0.2) is 13.2 Å². The van der Waals surface area contributed by atoms with Crippen molar-refractivity contribution in [3.8, 4) is 5.75 Å². The summed E-state index contributed by atoms with van der Waals surface area (Å²) >= 11 is 6.22. The van der Waals surface area contributed by atoms with E-state index in [0.29, 0.717) is 21.9 Å². The lowest BCUT2D eigenvalue weighted by molar-refractivity contribution is 0.142. The maximum absolute atomic E-state index is 6.22. The molecule has 3 atom stereocenters. The molecule has 0 amide bonds. The maximum atomic E-state index is 6.22. The van der Waals surface area contributed by atoms with Gasteiger partial charge in [-0.05, 0) is 54.2 Å². The molecular formula is C17H24ClNO. The smallest absolute Gasteiger partial charge is 0.137 e. The molecule has 2 nitrogen and oxygen atoms in total. The summed E-state index contributed by atoms with van der Waals surface area (Å²) in [6.45, 7) is 7.32. The molecule has 1 N–H and O–H groups in total. The second kappa shape index (κ2) is 4.56. The lowest BCUT2D eigenvalue weighted by atomic mass is 9.69. The predicted molar refractivity (Wildman–Crippen MR) is 84.6 cm³/mol. The molecule has 3 rings (SSSR count). The number of ether oxygens (including phenoxy) is 1. The van der Waals surface area contributed by atoms with Crippen molar-refractivity contribution < 1.29 is 4.74 Å². The van der Waals surface area contributed by atoms with Gasteiger partial charge in [-0.25, -0.2) is 0 Å². The third-order valence-electron chi connectivity index (χ3n) is 6.29. The van der Waals surface area contributed by atoms with Crippen LogP contribution in [0.3, 0.4) is 0 Å². The molecule has 0 aliphatic heterocycles. The van der Waals surface area contributed by atoms with Gasteiger partial charge in [0.1, 0.15) is 5.75 Å². The first-order valence-electron chi connectivity index (χ1n) is 7.48. The average Bonchev–Trinajstić information content (AvgIpc) is 2.72. The van der Waals surface area contributed by atoms with Crippen molar-refractivity contribution in [1.29, 1.82) is 0 Å². The number of fused-ring (bicyclic) bond motifs is 2. The highest BCUT2D eigenvalue weighted by molar-refractivity contribution is 6.32. The molecule has 20 heavy (non-hydrogen) atoms. The Balaban J connectivity index is 1.81. The number of nitrogens with one attached hydrogen (secondary N) is 1. The summed E-state index contributed by atoms with van der Waals surface area (Å²) in [5, 5.41) is 4.39. The van der Waals surface area contributed by atoms with E-state index in [2.05, 4.69) is 32.2 Å². The minimum Gasteiger partial charge on any atom is -0.495 e. The topological polar surface area (TPSA) is 21.3 Å². The zero-order valence-electron chi connectivity index (χ0n) is 12.8. The van der Waals surface area contributed by atoms with E-state index in [4.69, 9.17) is 16.3 Å². The summed E-state index contributed by atoms with van der Waals surface area (Å²) in [6, 6.07) is 6.52. The first-order chi connectivity index (χ1) is 9.38. The van der Waals surface area contributed by atoms with Gasteiger partial charge >= 0.3 is 0 Å². The fraction of sp³-hybridized carbons (Fsp3) is 0.647. The number of rotatable bonds is 3. The summed E-state index contributed by atoms with van der Waals surface area (Å²) in [5.74, 6) is 1.58. The number of benzene rings is 1. The van der Waals surface area contributed by atoms with Crippen LogP contribution in [0.15, 0.2) is 18.2 Å². The monoisotopic (exact) mass is 293 g/mol. The normalized spacial score (nSPS) is 34.2. The van der Waals surface area contributed by atoms with Crippen LogP contribution in [0, 0.1) is 16.7 Å². The molecule has 0 saturated heterocycles. The Labute approximate surface area is 126 Å². The molecule has 0 heterocycles. The van der Waals surface area contributed by atoms with Crippen LogP contribution in [0.1, 0.15) is 40.0 Å². The number of hydrogen-bond acceptors (Lipinski definition) is 2. The summed E-state index contributed by atoms with van der Waals surface area (Å²) in [6.07, 6.45) is 3.98. The third-order valence-corrected chi connectivity index (χ3v) is 6.58. The largest absolute Gasteiger partial charge is 0.495 e. The van der Waals surface area contributed by atoms with Crippen molar-refractivity contribution in [3.63, 3.8) is 0 Å². The molecule has 2 saturated carbocycles. The summed E-state index contributed by atoms with van der Waals surface area (Å²) in [4.78, 5) is 0. The van der Waals surface area contributed by atoms with Gasteiger partial charge < -0.3 is 10.1 Å². The second-order valence-electron chi connectivity index (χ2n) is 7.16. The highest BCUT2D eigenvalue weighted by atomic mass is 35.5. The van der Waals surface area contributed by atoms with Crippen molar-refractivity contribution in [2.45, 2.75) is 46.1 Å². The number of anilines is 1. The molecule has 110 valence electrons. The van der Waals surface area contributed by atoms with E-state index in [-0.39, 0.29) is 0 Å². The lowest BCUT2D eigenvalue weighted by Crippen LogP contribution is -2.40. The van der Waals surface area contributed by atoms with E-state index in [1.807, 2.05) is 12.1 Å².